The van der Waals surface area contributed by atoms with Gasteiger partial charge in [-0.25, -0.2) is 5.43 Å². The van der Waals surface area contributed by atoms with Crippen LogP contribution in [0.5, 0.6) is 11.5 Å². The van der Waals surface area contributed by atoms with Gasteiger partial charge in [0.1, 0.15) is 11.5 Å². The molecule has 0 aromatic heterocycles. The van der Waals surface area contributed by atoms with Gasteiger partial charge in [0.05, 0.1) is 12.8 Å². The summed E-state index contributed by atoms with van der Waals surface area (Å²) in [4.78, 5) is 11.7. The number of ether oxygens (including phenoxy) is 2. The lowest BCUT2D eigenvalue weighted by Crippen LogP contribution is -2.24. The summed E-state index contributed by atoms with van der Waals surface area (Å²) < 4.78 is 12.1. The molecule has 0 saturated carbocycles. The quantitative estimate of drug-likeness (QED) is 0.271. The number of halogens is 1. The van der Waals surface area contributed by atoms with Crippen molar-refractivity contribution in [3.8, 4) is 11.5 Å². The predicted molar refractivity (Wildman–Crippen MR) is 107 cm³/mol. The van der Waals surface area contributed by atoms with Crippen LogP contribution in [0.2, 0.25) is 0 Å². The predicted octanol–water partition coefficient (Wildman–Crippen LogP) is 4.00. The zero-order chi connectivity index (χ0) is 17.9. The van der Waals surface area contributed by atoms with Crippen molar-refractivity contribution in [2.24, 2.45) is 5.10 Å². The van der Waals surface area contributed by atoms with Crippen molar-refractivity contribution in [1.82, 2.24) is 5.43 Å². The highest BCUT2D eigenvalue weighted by Crippen LogP contribution is 2.17. The van der Waals surface area contributed by atoms with Crippen molar-refractivity contribution in [3.63, 3.8) is 0 Å². The molecule has 25 heavy (non-hydrogen) atoms. The Balaban J connectivity index is 1.71. The summed E-state index contributed by atoms with van der Waals surface area (Å²) in [5.41, 5.74) is 3.36. The van der Waals surface area contributed by atoms with Crippen LogP contribution in [-0.4, -0.2) is 25.3 Å². The van der Waals surface area contributed by atoms with E-state index in [1.165, 1.54) is 0 Å². The molecule has 0 aliphatic heterocycles. The van der Waals surface area contributed by atoms with Crippen molar-refractivity contribution in [3.05, 3.63) is 57.7 Å². The summed E-state index contributed by atoms with van der Waals surface area (Å²) >= 11 is 2.23. The fraction of sp³-hybridized carbons (Fsp3) is 0.263. The van der Waals surface area contributed by atoms with Crippen LogP contribution in [0.25, 0.3) is 0 Å². The van der Waals surface area contributed by atoms with Gasteiger partial charge in [-0.3, -0.25) is 4.79 Å². The number of carbonyl (C=O) groups excluding carboxylic acids is 1. The monoisotopic (exact) mass is 452 g/mol. The van der Waals surface area contributed by atoms with Gasteiger partial charge in [-0.05, 0) is 71.0 Å². The van der Waals surface area contributed by atoms with Gasteiger partial charge in [-0.1, -0.05) is 25.5 Å². The number of hydrogen-bond acceptors (Lipinski definition) is 4. The molecule has 6 heteroatoms. The minimum Gasteiger partial charge on any atom is -0.494 e. The first-order valence-corrected chi connectivity index (χ1v) is 9.18. The molecule has 2 rings (SSSR count). The third kappa shape index (κ3) is 7.55. The molecular weight excluding hydrogens is 431 g/mol. The second-order valence-corrected chi connectivity index (χ2v) is 6.55. The summed E-state index contributed by atoms with van der Waals surface area (Å²) in [6.45, 7) is 2.73. The number of benzene rings is 2. The van der Waals surface area contributed by atoms with Crippen LogP contribution in [0.4, 0.5) is 0 Å². The van der Waals surface area contributed by atoms with Gasteiger partial charge in [0, 0.05) is 3.57 Å². The van der Waals surface area contributed by atoms with Crippen LogP contribution < -0.4 is 14.9 Å². The Morgan fingerprint density at radius 2 is 1.72 bits per heavy atom. The molecule has 132 valence electrons. The largest absolute Gasteiger partial charge is 0.494 e. The van der Waals surface area contributed by atoms with Crippen LogP contribution in [0.3, 0.4) is 0 Å². The minimum atomic E-state index is -0.315. The molecule has 0 atom stereocenters. The Labute approximate surface area is 161 Å². The van der Waals surface area contributed by atoms with E-state index in [1.54, 1.807) is 18.3 Å². The van der Waals surface area contributed by atoms with Crippen molar-refractivity contribution >= 4 is 34.7 Å². The normalized spacial score (nSPS) is 10.6. The fourth-order valence-corrected chi connectivity index (χ4v) is 2.23. The van der Waals surface area contributed by atoms with E-state index in [4.69, 9.17) is 9.47 Å². The molecule has 2 aromatic carbocycles. The molecule has 2 aromatic rings. The zero-order valence-electron chi connectivity index (χ0n) is 14.1. The van der Waals surface area contributed by atoms with Gasteiger partial charge < -0.3 is 9.47 Å². The van der Waals surface area contributed by atoms with Crippen LogP contribution in [0.1, 0.15) is 25.3 Å². The van der Waals surface area contributed by atoms with Gasteiger partial charge in [-0.2, -0.15) is 5.10 Å². The summed E-state index contributed by atoms with van der Waals surface area (Å²) in [5, 5.41) is 3.91. The fourth-order valence-electron chi connectivity index (χ4n) is 1.88. The standard InChI is InChI=1S/C19H21IN2O3/c1-2-3-12-24-17-8-10-18(11-9-17)25-14-19(23)22-21-13-15-4-6-16(20)7-5-15/h4-11,13H,2-3,12,14H2,1H3,(H,22,23)/b21-13-. The molecule has 1 N–H and O–H groups in total. The average Bonchev–Trinajstić information content (AvgIpc) is 2.63. The molecule has 0 saturated heterocycles. The zero-order valence-corrected chi connectivity index (χ0v) is 16.2. The molecule has 0 fully saturated rings. The van der Waals surface area contributed by atoms with E-state index in [0.29, 0.717) is 12.4 Å². The van der Waals surface area contributed by atoms with Crippen molar-refractivity contribution in [2.45, 2.75) is 19.8 Å². The van der Waals surface area contributed by atoms with E-state index in [0.717, 1.165) is 27.7 Å². The van der Waals surface area contributed by atoms with Gasteiger partial charge >= 0.3 is 0 Å². The molecule has 0 bridgehead atoms. The number of nitrogens with zero attached hydrogens (tertiary/aromatic N) is 1. The Bertz CT molecular complexity index is 685. The first-order valence-electron chi connectivity index (χ1n) is 8.10. The molecular formula is C19H21IN2O3. The maximum atomic E-state index is 11.7. The number of rotatable bonds is 9. The highest BCUT2D eigenvalue weighted by Gasteiger charge is 2.02. The number of hydrazone groups is 1. The molecule has 5 nitrogen and oxygen atoms in total. The molecule has 0 aliphatic carbocycles. The Morgan fingerprint density at radius 1 is 1.08 bits per heavy atom. The number of nitrogens with one attached hydrogen (secondary N) is 1. The highest BCUT2D eigenvalue weighted by atomic mass is 127. The highest BCUT2D eigenvalue weighted by molar-refractivity contribution is 14.1. The third-order valence-electron chi connectivity index (χ3n) is 3.23. The van der Waals surface area contributed by atoms with Crippen LogP contribution in [0.15, 0.2) is 53.6 Å². The molecule has 1 amide bonds. The molecule has 0 heterocycles. The number of carbonyl (C=O) groups is 1. The summed E-state index contributed by atoms with van der Waals surface area (Å²) in [6.07, 6.45) is 3.72. The first-order chi connectivity index (χ1) is 12.2. The average molecular weight is 452 g/mol. The van der Waals surface area contributed by atoms with Crippen LogP contribution in [0, 0.1) is 3.57 Å². The maximum absolute atomic E-state index is 11.7. The number of unbranched alkanes of at least 4 members (excludes halogenated alkanes) is 1. The van der Waals surface area contributed by atoms with E-state index in [1.807, 2.05) is 36.4 Å². The van der Waals surface area contributed by atoms with E-state index < -0.39 is 0 Å². The van der Waals surface area contributed by atoms with Crippen molar-refractivity contribution in [1.29, 1.82) is 0 Å². The SMILES string of the molecule is CCCCOc1ccc(OCC(=O)N/N=C\c2ccc(I)cc2)cc1. The smallest absolute Gasteiger partial charge is 0.277 e. The lowest BCUT2D eigenvalue weighted by atomic mass is 10.2. The van der Waals surface area contributed by atoms with Crippen LogP contribution in [-0.2, 0) is 4.79 Å². The van der Waals surface area contributed by atoms with Gasteiger partial charge in [0.2, 0.25) is 0 Å². The lowest BCUT2D eigenvalue weighted by Gasteiger charge is -2.07. The molecule has 0 radical (unpaired) electrons. The Kier molecular flexibility index (Phi) is 8.24. The molecule has 0 unspecified atom stereocenters. The molecule has 0 spiro atoms. The maximum Gasteiger partial charge on any atom is 0.277 e. The lowest BCUT2D eigenvalue weighted by molar-refractivity contribution is -0.123. The van der Waals surface area contributed by atoms with Crippen molar-refractivity contribution < 1.29 is 14.3 Å². The topological polar surface area (TPSA) is 59.9 Å². The van der Waals surface area contributed by atoms with Gasteiger partial charge in [0.25, 0.3) is 5.91 Å². The first kappa shape index (κ1) is 19.2. The number of amides is 1. The van der Waals surface area contributed by atoms with E-state index in [-0.39, 0.29) is 12.5 Å². The second-order valence-electron chi connectivity index (χ2n) is 5.31. The van der Waals surface area contributed by atoms with Gasteiger partial charge in [0.15, 0.2) is 6.61 Å². The third-order valence-corrected chi connectivity index (χ3v) is 3.95. The minimum absolute atomic E-state index is 0.0972. The summed E-state index contributed by atoms with van der Waals surface area (Å²) in [6, 6.07) is 15.0. The Morgan fingerprint density at radius 3 is 2.36 bits per heavy atom. The summed E-state index contributed by atoms with van der Waals surface area (Å²) in [5.74, 6) is 1.09. The van der Waals surface area contributed by atoms with Crippen LogP contribution >= 0.6 is 22.6 Å². The molecule has 0 aliphatic rings. The summed E-state index contributed by atoms with van der Waals surface area (Å²) in [7, 11) is 0. The Hall–Kier alpha value is -2.09. The van der Waals surface area contributed by atoms with Gasteiger partial charge in [-0.15, -0.1) is 0 Å². The number of hydrogen-bond donors (Lipinski definition) is 1. The van der Waals surface area contributed by atoms with E-state index in [2.05, 4.69) is 40.0 Å². The van der Waals surface area contributed by atoms with E-state index >= 15 is 0 Å². The van der Waals surface area contributed by atoms with E-state index in [9.17, 15) is 4.79 Å². The second kappa shape index (κ2) is 10.7. The van der Waals surface area contributed by atoms with Crippen molar-refractivity contribution in [2.75, 3.05) is 13.2 Å².